The van der Waals surface area contributed by atoms with E-state index in [2.05, 4.69) is 10.6 Å². The number of phenols is 1. The number of aromatic carboxylic acids is 1. The van der Waals surface area contributed by atoms with Crippen LogP contribution in [0.1, 0.15) is 32.6 Å². The summed E-state index contributed by atoms with van der Waals surface area (Å²) >= 11 is 0. The van der Waals surface area contributed by atoms with Crippen molar-refractivity contribution in [2.45, 2.75) is 27.7 Å². The molecule has 3 aromatic carbocycles. The first kappa shape index (κ1) is 19.2. The van der Waals surface area contributed by atoms with Crippen LogP contribution in [-0.4, -0.2) is 22.2 Å². The van der Waals surface area contributed by atoms with E-state index in [1.165, 1.54) is 6.07 Å². The highest BCUT2D eigenvalue weighted by molar-refractivity contribution is 6.11. The number of benzene rings is 3. The number of aromatic hydroxyl groups is 1. The van der Waals surface area contributed by atoms with Crippen molar-refractivity contribution in [3.63, 3.8) is 0 Å². The van der Waals surface area contributed by atoms with Crippen molar-refractivity contribution in [2.24, 2.45) is 0 Å². The Bertz CT molecular complexity index is 1120. The van der Waals surface area contributed by atoms with Gasteiger partial charge in [-0.15, -0.1) is 0 Å². The predicted octanol–water partition coefficient (Wildman–Crippen LogP) is 5.12. The second-order valence-electron chi connectivity index (χ2n) is 6.89. The molecule has 4 N–H and O–H groups in total. The number of urea groups is 1. The molecule has 3 aromatic rings. The molecule has 2 amide bonds. The summed E-state index contributed by atoms with van der Waals surface area (Å²) in [6, 6.07) is 9.56. The Balaban J connectivity index is 2.00. The summed E-state index contributed by atoms with van der Waals surface area (Å²) in [6.07, 6.45) is 0. The molecule has 0 spiro atoms. The van der Waals surface area contributed by atoms with E-state index in [1.807, 2.05) is 33.8 Å². The number of anilines is 2. The van der Waals surface area contributed by atoms with Gasteiger partial charge in [0.1, 0.15) is 11.3 Å². The first-order valence-corrected chi connectivity index (χ1v) is 8.84. The van der Waals surface area contributed by atoms with Crippen LogP contribution < -0.4 is 10.6 Å². The van der Waals surface area contributed by atoms with Gasteiger partial charge in [0.05, 0.1) is 5.69 Å². The predicted molar refractivity (Wildman–Crippen MR) is 111 cm³/mol. The molecule has 144 valence electrons. The van der Waals surface area contributed by atoms with Crippen LogP contribution in [0.5, 0.6) is 5.75 Å². The van der Waals surface area contributed by atoms with Crippen molar-refractivity contribution in [3.8, 4) is 5.75 Å². The molecule has 0 heterocycles. The zero-order valence-corrected chi connectivity index (χ0v) is 16.2. The minimum atomic E-state index is -1.27. The summed E-state index contributed by atoms with van der Waals surface area (Å²) in [5.41, 5.74) is 4.94. The summed E-state index contributed by atoms with van der Waals surface area (Å²) in [6.45, 7) is 7.89. The lowest BCUT2D eigenvalue weighted by Crippen LogP contribution is -2.21. The van der Waals surface area contributed by atoms with E-state index in [0.717, 1.165) is 27.9 Å². The number of carbonyl (C=O) groups excluding carboxylic acids is 1. The Morgan fingerprint density at radius 1 is 0.857 bits per heavy atom. The monoisotopic (exact) mass is 378 g/mol. The molecular weight excluding hydrogens is 356 g/mol. The largest absolute Gasteiger partial charge is 0.506 e. The maximum atomic E-state index is 12.7. The first-order valence-electron chi connectivity index (χ1n) is 8.84. The van der Waals surface area contributed by atoms with E-state index in [0.29, 0.717) is 16.5 Å². The van der Waals surface area contributed by atoms with Gasteiger partial charge in [-0.1, -0.05) is 30.3 Å². The van der Waals surface area contributed by atoms with Gasteiger partial charge in [-0.2, -0.15) is 0 Å². The number of hydrogen-bond acceptors (Lipinski definition) is 3. The van der Waals surface area contributed by atoms with Crippen LogP contribution in [0, 0.1) is 27.7 Å². The molecule has 0 aliphatic carbocycles. The second kappa shape index (κ2) is 7.23. The van der Waals surface area contributed by atoms with Gasteiger partial charge in [0.15, 0.2) is 0 Å². The Labute approximate surface area is 162 Å². The average Bonchev–Trinajstić information content (AvgIpc) is 2.65. The van der Waals surface area contributed by atoms with Crippen LogP contribution >= 0.6 is 0 Å². The van der Waals surface area contributed by atoms with Gasteiger partial charge >= 0.3 is 12.0 Å². The van der Waals surface area contributed by atoms with Crippen molar-refractivity contribution in [2.75, 3.05) is 10.6 Å². The summed E-state index contributed by atoms with van der Waals surface area (Å²) in [7, 11) is 0. The minimum absolute atomic E-state index is 0.271. The number of carbonyl (C=O) groups is 2. The standard InChI is InChI=1S/C22H22N2O4/c1-11-9-12(2)19(14(4)13(11)3)24-22(28)23-18-10-17(21(26)27)20(25)16-8-6-5-7-15(16)18/h5-10,25H,1-4H3,(H,26,27)(H2,23,24,28). The molecule has 0 aliphatic heterocycles. The molecule has 6 heteroatoms. The fourth-order valence-corrected chi connectivity index (χ4v) is 3.37. The SMILES string of the molecule is Cc1cc(C)c(NC(=O)Nc2cc(C(=O)O)c(O)c3ccccc23)c(C)c1C. The lowest BCUT2D eigenvalue weighted by atomic mass is 9.98. The highest BCUT2D eigenvalue weighted by Gasteiger charge is 2.18. The Kier molecular flexibility index (Phi) is 4.96. The number of amides is 2. The molecule has 0 atom stereocenters. The van der Waals surface area contributed by atoms with Gasteiger partial charge in [0.2, 0.25) is 0 Å². The van der Waals surface area contributed by atoms with Crippen molar-refractivity contribution >= 4 is 34.1 Å². The van der Waals surface area contributed by atoms with Gasteiger partial charge in [0, 0.05) is 16.5 Å². The third kappa shape index (κ3) is 3.36. The molecule has 6 nitrogen and oxygen atoms in total. The fraction of sp³-hybridized carbons (Fsp3) is 0.182. The molecule has 0 saturated heterocycles. The topological polar surface area (TPSA) is 98.7 Å². The highest BCUT2D eigenvalue weighted by Crippen LogP contribution is 2.35. The van der Waals surface area contributed by atoms with Crippen LogP contribution in [0.25, 0.3) is 10.8 Å². The summed E-state index contributed by atoms with van der Waals surface area (Å²) in [4.78, 5) is 24.1. The maximum Gasteiger partial charge on any atom is 0.339 e. The van der Waals surface area contributed by atoms with E-state index < -0.39 is 12.0 Å². The molecule has 0 fully saturated rings. The summed E-state index contributed by atoms with van der Waals surface area (Å²) in [5, 5.41) is 26.1. The highest BCUT2D eigenvalue weighted by atomic mass is 16.4. The van der Waals surface area contributed by atoms with E-state index in [1.54, 1.807) is 24.3 Å². The third-order valence-corrected chi connectivity index (χ3v) is 5.09. The minimum Gasteiger partial charge on any atom is -0.506 e. The smallest absolute Gasteiger partial charge is 0.339 e. The van der Waals surface area contributed by atoms with E-state index in [9.17, 15) is 19.8 Å². The molecule has 0 radical (unpaired) electrons. The Hall–Kier alpha value is -3.54. The first-order chi connectivity index (χ1) is 13.2. The Morgan fingerprint density at radius 3 is 2.14 bits per heavy atom. The van der Waals surface area contributed by atoms with Crippen LogP contribution in [-0.2, 0) is 0 Å². The van der Waals surface area contributed by atoms with Crippen LogP contribution in [0.3, 0.4) is 0 Å². The van der Waals surface area contributed by atoms with Crippen LogP contribution in [0.2, 0.25) is 0 Å². The van der Waals surface area contributed by atoms with Crippen molar-refractivity contribution < 1.29 is 19.8 Å². The summed E-state index contributed by atoms with van der Waals surface area (Å²) < 4.78 is 0. The number of aryl methyl sites for hydroxylation is 2. The molecule has 3 rings (SSSR count). The van der Waals surface area contributed by atoms with Gasteiger partial charge in [-0.05, 0) is 56.0 Å². The summed E-state index contributed by atoms with van der Waals surface area (Å²) in [5.74, 6) is -1.59. The number of fused-ring (bicyclic) bond motifs is 1. The molecule has 0 aliphatic rings. The van der Waals surface area contributed by atoms with Crippen molar-refractivity contribution in [1.29, 1.82) is 0 Å². The zero-order chi connectivity index (χ0) is 20.6. The number of carboxylic acid groups (broad SMARTS) is 1. The molecular formula is C22H22N2O4. The van der Waals surface area contributed by atoms with E-state index >= 15 is 0 Å². The molecule has 28 heavy (non-hydrogen) atoms. The maximum absolute atomic E-state index is 12.7. The van der Waals surface area contributed by atoms with Gasteiger partial charge in [0.25, 0.3) is 0 Å². The number of carboxylic acids is 1. The van der Waals surface area contributed by atoms with Crippen LogP contribution in [0.4, 0.5) is 16.2 Å². The van der Waals surface area contributed by atoms with Gasteiger partial charge in [-0.25, -0.2) is 9.59 Å². The molecule has 0 aromatic heterocycles. The normalized spacial score (nSPS) is 10.7. The Morgan fingerprint density at radius 2 is 1.50 bits per heavy atom. The average molecular weight is 378 g/mol. The van der Waals surface area contributed by atoms with E-state index in [4.69, 9.17) is 0 Å². The van der Waals surface area contributed by atoms with Gasteiger partial charge < -0.3 is 20.8 Å². The van der Waals surface area contributed by atoms with Crippen LogP contribution in [0.15, 0.2) is 36.4 Å². The lowest BCUT2D eigenvalue weighted by molar-refractivity contribution is 0.0694. The third-order valence-electron chi connectivity index (χ3n) is 5.09. The second-order valence-corrected chi connectivity index (χ2v) is 6.89. The quantitative estimate of drug-likeness (QED) is 0.475. The number of nitrogens with one attached hydrogen (secondary N) is 2. The molecule has 0 bridgehead atoms. The zero-order valence-electron chi connectivity index (χ0n) is 16.2. The lowest BCUT2D eigenvalue weighted by Gasteiger charge is -2.17. The number of rotatable bonds is 3. The fourth-order valence-electron chi connectivity index (χ4n) is 3.37. The van der Waals surface area contributed by atoms with Crippen molar-refractivity contribution in [3.05, 3.63) is 64.2 Å². The van der Waals surface area contributed by atoms with E-state index in [-0.39, 0.29) is 11.3 Å². The van der Waals surface area contributed by atoms with Crippen molar-refractivity contribution in [1.82, 2.24) is 0 Å². The number of hydrogen-bond donors (Lipinski definition) is 4. The molecule has 0 saturated carbocycles. The van der Waals surface area contributed by atoms with Gasteiger partial charge in [-0.3, -0.25) is 0 Å². The molecule has 0 unspecified atom stereocenters.